The molecule has 2 aromatic heterocycles. The van der Waals surface area contributed by atoms with Crippen molar-refractivity contribution in [2.75, 3.05) is 11.9 Å². The molecule has 18 heavy (non-hydrogen) atoms. The molecule has 0 radical (unpaired) electrons. The molecule has 0 aromatic carbocycles. The Kier molecular flexibility index (Phi) is 3.93. The number of nitrogens with one attached hydrogen (secondary N) is 2. The average molecular weight is 265 g/mol. The third kappa shape index (κ3) is 3.07. The van der Waals surface area contributed by atoms with Crippen molar-refractivity contribution in [2.45, 2.75) is 12.8 Å². The lowest BCUT2D eigenvalue weighted by Gasteiger charge is -2.11. The number of aromatic nitrogens is 3. The summed E-state index contributed by atoms with van der Waals surface area (Å²) in [4.78, 5) is 15.9. The summed E-state index contributed by atoms with van der Waals surface area (Å²) in [7, 11) is 1.77. The second kappa shape index (κ2) is 5.63. The molecule has 0 aliphatic rings. The normalized spacial score (nSPS) is 12.1. The highest BCUT2D eigenvalue weighted by atomic mass is 32.1. The van der Waals surface area contributed by atoms with Gasteiger partial charge in [-0.3, -0.25) is 10.00 Å². The summed E-state index contributed by atoms with van der Waals surface area (Å²) in [5, 5.41) is 12.5. The predicted octanol–water partition coefficient (Wildman–Crippen LogP) is 1.80. The minimum absolute atomic E-state index is 0.210. The van der Waals surface area contributed by atoms with E-state index in [-0.39, 0.29) is 11.9 Å². The maximum absolute atomic E-state index is 11.7. The van der Waals surface area contributed by atoms with E-state index in [1.54, 1.807) is 41.5 Å². The maximum atomic E-state index is 11.7. The van der Waals surface area contributed by atoms with Crippen LogP contribution in [0.3, 0.4) is 0 Å². The second-order valence-electron chi connectivity index (χ2n) is 3.95. The van der Waals surface area contributed by atoms with Crippen molar-refractivity contribution in [3.63, 3.8) is 0 Å². The van der Waals surface area contributed by atoms with Gasteiger partial charge in [-0.25, -0.2) is 9.78 Å². The number of carbonyl (C=O) groups is 1. The van der Waals surface area contributed by atoms with Gasteiger partial charge in [-0.1, -0.05) is 6.92 Å². The van der Waals surface area contributed by atoms with Crippen LogP contribution in [0.2, 0.25) is 0 Å². The molecule has 0 saturated heterocycles. The number of anilines is 1. The molecular weight excluding hydrogens is 250 g/mol. The van der Waals surface area contributed by atoms with E-state index >= 15 is 0 Å². The summed E-state index contributed by atoms with van der Waals surface area (Å²) in [5.41, 5.74) is 0. The van der Waals surface area contributed by atoms with E-state index < -0.39 is 0 Å². The van der Waals surface area contributed by atoms with Crippen LogP contribution in [0.1, 0.15) is 17.8 Å². The lowest BCUT2D eigenvalue weighted by molar-refractivity contribution is 0.251. The van der Waals surface area contributed by atoms with E-state index in [9.17, 15) is 4.79 Å². The Labute approximate surface area is 109 Å². The van der Waals surface area contributed by atoms with Crippen molar-refractivity contribution in [1.29, 1.82) is 0 Å². The fourth-order valence-corrected chi connectivity index (χ4v) is 2.17. The van der Waals surface area contributed by atoms with E-state index in [1.807, 2.05) is 12.3 Å². The Hall–Kier alpha value is -1.89. The minimum atomic E-state index is -0.234. The smallest absolute Gasteiger partial charge is 0.320 e. The number of nitrogens with zero attached hydrogens (tertiary/aromatic N) is 3. The van der Waals surface area contributed by atoms with Gasteiger partial charge in [0.05, 0.1) is 11.2 Å². The molecule has 0 spiro atoms. The summed E-state index contributed by atoms with van der Waals surface area (Å²) >= 11 is 1.59. The van der Waals surface area contributed by atoms with Crippen molar-refractivity contribution < 1.29 is 4.79 Å². The zero-order chi connectivity index (χ0) is 13.0. The Bertz CT molecular complexity index is 507. The number of hydrogen-bond donors (Lipinski definition) is 2. The van der Waals surface area contributed by atoms with Crippen LogP contribution in [0.4, 0.5) is 10.6 Å². The van der Waals surface area contributed by atoms with E-state index in [0.29, 0.717) is 12.4 Å². The van der Waals surface area contributed by atoms with Crippen molar-refractivity contribution in [3.8, 4) is 0 Å². The number of hydrogen-bond acceptors (Lipinski definition) is 4. The van der Waals surface area contributed by atoms with Gasteiger partial charge in [-0.15, -0.1) is 11.3 Å². The first kappa shape index (κ1) is 12.6. The maximum Gasteiger partial charge on any atom is 0.320 e. The highest BCUT2D eigenvalue weighted by Gasteiger charge is 2.10. The molecule has 2 aromatic rings. The van der Waals surface area contributed by atoms with Crippen LogP contribution in [0.15, 0.2) is 23.8 Å². The van der Waals surface area contributed by atoms with Crippen molar-refractivity contribution in [2.24, 2.45) is 7.05 Å². The van der Waals surface area contributed by atoms with Crippen LogP contribution >= 0.6 is 11.3 Å². The van der Waals surface area contributed by atoms with Crippen LogP contribution in [0, 0.1) is 0 Å². The quantitative estimate of drug-likeness (QED) is 0.885. The van der Waals surface area contributed by atoms with Gasteiger partial charge in [0.1, 0.15) is 5.82 Å². The topological polar surface area (TPSA) is 71.8 Å². The molecule has 0 bridgehead atoms. The van der Waals surface area contributed by atoms with Crippen molar-refractivity contribution >= 4 is 23.2 Å². The molecule has 0 saturated carbocycles. The highest BCUT2D eigenvalue weighted by Crippen LogP contribution is 2.16. The van der Waals surface area contributed by atoms with Crippen LogP contribution in [0.5, 0.6) is 0 Å². The number of carbonyl (C=O) groups excluding carboxylic acids is 1. The number of thiazole rings is 1. The minimum Gasteiger partial charge on any atom is -0.337 e. The van der Waals surface area contributed by atoms with Gasteiger partial charge in [0.2, 0.25) is 0 Å². The third-order valence-corrected chi connectivity index (χ3v) is 3.51. The van der Waals surface area contributed by atoms with Gasteiger partial charge in [0.25, 0.3) is 0 Å². The molecule has 2 N–H and O–H groups in total. The molecule has 1 unspecified atom stereocenters. The molecule has 7 heteroatoms. The van der Waals surface area contributed by atoms with E-state index in [4.69, 9.17) is 0 Å². The Morgan fingerprint density at radius 2 is 2.39 bits per heavy atom. The first-order valence-corrected chi connectivity index (χ1v) is 6.47. The fourth-order valence-electron chi connectivity index (χ4n) is 1.47. The Morgan fingerprint density at radius 3 is 3.00 bits per heavy atom. The number of rotatable bonds is 4. The Morgan fingerprint density at radius 1 is 1.56 bits per heavy atom. The molecule has 0 aliphatic carbocycles. The molecule has 2 rings (SSSR count). The molecule has 2 heterocycles. The second-order valence-corrected chi connectivity index (χ2v) is 4.87. The van der Waals surface area contributed by atoms with E-state index in [1.165, 1.54) is 0 Å². The molecule has 0 fully saturated rings. The fraction of sp³-hybridized carbons (Fsp3) is 0.364. The zero-order valence-electron chi connectivity index (χ0n) is 10.3. The summed E-state index contributed by atoms with van der Waals surface area (Å²) < 4.78 is 1.60. The number of urea groups is 1. The lowest BCUT2D eigenvalue weighted by atomic mass is 10.2. The molecule has 6 nitrogen and oxygen atoms in total. The first-order chi connectivity index (χ1) is 8.66. The third-order valence-electron chi connectivity index (χ3n) is 2.50. The zero-order valence-corrected chi connectivity index (χ0v) is 11.1. The van der Waals surface area contributed by atoms with Gasteiger partial charge >= 0.3 is 6.03 Å². The van der Waals surface area contributed by atoms with E-state index in [2.05, 4.69) is 20.7 Å². The van der Waals surface area contributed by atoms with Gasteiger partial charge in [-0.05, 0) is 0 Å². The molecule has 96 valence electrons. The predicted molar refractivity (Wildman–Crippen MR) is 70.8 cm³/mol. The molecule has 1 atom stereocenters. The summed E-state index contributed by atoms with van der Waals surface area (Å²) in [5.74, 6) is 0.872. The number of amides is 2. The monoisotopic (exact) mass is 265 g/mol. The largest absolute Gasteiger partial charge is 0.337 e. The molecule has 2 amide bonds. The number of aryl methyl sites for hydroxylation is 1. The average Bonchev–Trinajstić information content (AvgIpc) is 2.99. The summed E-state index contributed by atoms with van der Waals surface area (Å²) in [6.07, 6.45) is 3.40. The first-order valence-electron chi connectivity index (χ1n) is 5.59. The standard InChI is InChI=1S/C11H15N5OS/c1-8(10-12-5-6-18-10)7-13-11(17)15-9-3-4-14-16(9)2/h3-6,8H,7H2,1-2H3,(H2,13,15,17). The van der Waals surface area contributed by atoms with Gasteiger partial charge < -0.3 is 5.32 Å². The van der Waals surface area contributed by atoms with Gasteiger partial charge in [0, 0.05) is 37.2 Å². The van der Waals surface area contributed by atoms with Gasteiger partial charge in [-0.2, -0.15) is 5.10 Å². The van der Waals surface area contributed by atoms with Gasteiger partial charge in [0.15, 0.2) is 0 Å². The highest BCUT2D eigenvalue weighted by molar-refractivity contribution is 7.09. The summed E-state index contributed by atoms with van der Waals surface area (Å²) in [6.45, 7) is 2.58. The van der Waals surface area contributed by atoms with Crippen molar-refractivity contribution in [3.05, 3.63) is 28.8 Å². The molecule has 0 aliphatic heterocycles. The summed E-state index contributed by atoms with van der Waals surface area (Å²) in [6, 6.07) is 1.51. The Balaban J connectivity index is 1.80. The SMILES string of the molecule is CC(CNC(=O)Nc1ccnn1C)c1nccs1. The van der Waals surface area contributed by atoms with Crippen molar-refractivity contribution in [1.82, 2.24) is 20.1 Å². The van der Waals surface area contributed by atoms with Crippen LogP contribution in [0.25, 0.3) is 0 Å². The van der Waals surface area contributed by atoms with E-state index in [0.717, 1.165) is 5.01 Å². The lowest BCUT2D eigenvalue weighted by Crippen LogP contribution is -2.32. The van der Waals surface area contributed by atoms with Crippen LogP contribution in [-0.4, -0.2) is 27.3 Å². The van der Waals surface area contributed by atoms with Crippen LogP contribution in [-0.2, 0) is 7.05 Å². The van der Waals surface area contributed by atoms with Crippen LogP contribution < -0.4 is 10.6 Å². The molecular formula is C11H15N5OS.